The summed E-state index contributed by atoms with van der Waals surface area (Å²) in [7, 11) is 0.403. The minimum Gasteiger partial charge on any atom is -0.207 e. The van der Waals surface area contributed by atoms with E-state index in [-0.39, 0.29) is 11.1 Å². The fraction of sp³-hybridized carbons (Fsp3) is 0.143. The average Bonchev–Trinajstić information content (AvgIpc) is 2.42. The first-order chi connectivity index (χ1) is 9.73. The molecule has 0 nitrogen and oxygen atoms in total. The Morgan fingerprint density at radius 1 is 0.619 bits per heavy atom. The Hall–Kier alpha value is -1.92. The summed E-state index contributed by atoms with van der Waals surface area (Å²) in [5, 5.41) is 0. The van der Waals surface area contributed by atoms with Crippen molar-refractivity contribution >= 4 is 18.2 Å². The largest absolute Gasteiger partial charge is 0.207 e. The van der Waals surface area contributed by atoms with Crippen molar-refractivity contribution in [3.05, 3.63) is 58.2 Å². The van der Waals surface area contributed by atoms with E-state index < -0.39 is 45.8 Å². The molecule has 0 amide bonds. The summed E-state index contributed by atoms with van der Waals surface area (Å²) in [6.07, 6.45) is 0. The molecule has 0 aliphatic carbocycles. The average molecular weight is 301 g/mol. The van der Waals surface area contributed by atoms with Crippen LogP contribution in [-0.2, 0) is 0 Å². The van der Waals surface area contributed by atoms with Crippen molar-refractivity contribution in [2.75, 3.05) is 0 Å². The normalized spacial score (nSPS) is 10.9. The van der Waals surface area contributed by atoms with Crippen LogP contribution >= 0.6 is 0 Å². The lowest BCUT2D eigenvalue weighted by Crippen LogP contribution is -2.38. The van der Waals surface area contributed by atoms with Gasteiger partial charge in [0.05, 0.1) is 0 Å². The van der Waals surface area contributed by atoms with Crippen LogP contribution in [0.5, 0.6) is 0 Å². The third kappa shape index (κ3) is 2.64. The van der Waals surface area contributed by atoms with Gasteiger partial charge in [-0.15, -0.1) is 0 Å². The molecule has 1 radical (unpaired) electrons. The van der Waals surface area contributed by atoms with E-state index in [1.54, 1.807) is 0 Å². The Balaban J connectivity index is 2.59. The monoisotopic (exact) mass is 301 g/mol. The Bertz CT molecular complexity index is 665. The highest BCUT2D eigenvalue weighted by Crippen LogP contribution is 2.14. The van der Waals surface area contributed by atoms with Gasteiger partial charge in [0.15, 0.2) is 23.3 Å². The van der Waals surface area contributed by atoms with E-state index in [1.807, 2.05) is 0 Å². The maximum absolute atomic E-state index is 13.7. The first kappa shape index (κ1) is 15.5. The number of benzene rings is 2. The molecule has 0 saturated carbocycles. The summed E-state index contributed by atoms with van der Waals surface area (Å²) >= 11 is 0. The minimum atomic E-state index is -1.59. The minimum absolute atomic E-state index is 0.293. The van der Waals surface area contributed by atoms with Crippen molar-refractivity contribution in [3.8, 4) is 0 Å². The Morgan fingerprint density at radius 2 is 0.952 bits per heavy atom. The second-order valence-electron chi connectivity index (χ2n) is 4.58. The quantitative estimate of drug-likeness (QED) is 0.454. The summed E-state index contributed by atoms with van der Waals surface area (Å²) in [5.74, 6) is -8.26. The molecule has 109 valence electrons. The standard InChI is InChI=1S/C14H8BF6/c1-5-3-7(16)9(13(20)11(5)18)15-10-8(17)4-6(2)12(19)14(10)21/h3-4H,1-2H3. The highest BCUT2D eigenvalue weighted by molar-refractivity contribution is 6.67. The van der Waals surface area contributed by atoms with E-state index in [4.69, 9.17) is 0 Å². The van der Waals surface area contributed by atoms with Crippen molar-refractivity contribution in [2.24, 2.45) is 0 Å². The molecule has 0 saturated heterocycles. The molecule has 0 aliphatic rings. The summed E-state index contributed by atoms with van der Waals surface area (Å²) in [6, 6.07) is 1.37. The topological polar surface area (TPSA) is 0 Å². The number of hydrogen-bond donors (Lipinski definition) is 0. The van der Waals surface area contributed by atoms with Crippen molar-refractivity contribution in [3.63, 3.8) is 0 Å². The molecule has 2 aromatic rings. The molecule has 0 fully saturated rings. The predicted molar refractivity (Wildman–Crippen MR) is 67.1 cm³/mol. The van der Waals surface area contributed by atoms with E-state index >= 15 is 0 Å². The second kappa shape index (κ2) is 5.46. The van der Waals surface area contributed by atoms with Gasteiger partial charge in [-0.05, 0) is 48.0 Å². The second-order valence-corrected chi connectivity index (χ2v) is 4.58. The summed E-state index contributed by atoms with van der Waals surface area (Å²) in [4.78, 5) is 0. The lowest BCUT2D eigenvalue weighted by molar-refractivity contribution is 0.495. The zero-order valence-corrected chi connectivity index (χ0v) is 11.0. The van der Waals surface area contributed by atoms with E-state index in [1.165, 1.54) is 0 Å². The van der Waals surface area contributed by atoms with Gasteiger partial charge in [0.25, 0.3) is 0 Å². The van der Waals surface area contributed by atoms with Crippen LogP contribution in [0.25, 0.3) is 0 Å². The molecular weight excluding hydrogens is 293 g/mol. The van der Waals surface area contributed by atoms with Gasteiger partial charge in [-0.3, -0.25) is 0 Å². The van der Waals surface area contributed by atoms with Gasteiger partial charge < -0.3 is 0 Å². The van der Waals surface area contributed by atoms with Gasteiger partial charge in [-0.1, -0.05) is 0 Å². The maximum atomic E-state index is 13.7. The van der Waals surface area contributed by atoms with E-state index in [0.717, 1.165) is 13.8 Å². The molecule has 0 atom stereocenters. The maximum Gasteiger partial charge on any atom is 0.207 e. The molecule has 0 heterocycles. The van der Waals surface area contributed by atoms with Crippen molar-refractivity contribution < 1.29 is 26.3 Å². The van der Waals surface area contributed by atoms with Gasteiger partial charge in [-0.25, -0.2) is 26.3 Å². The predicted octanol–water partition coefficient (Wildman–Crippen LogP) is 2.79. The molecule has 0 spiro atoms. The van der Waals surface area contributed by atoms with Crippen molar-refractivity contribution in [1.82, 2.24) is 0 Å². The third-order valence-electron chi connectivity index (χ3n) is 3.04. The first-order valence-electron chi connectivity index (χ1n) is 5.87. The molecule has 7 heteroatoms. The van der Waals surface area contributed by atoms with Crippen molar-refractivity contribution in [2.45, 2.75) is 13.8 Å². The number of rotatable bonds is 2. The molecule has 2 aromatic carbocycles. The Kier molecular flexibility index (Phi) is 4.03. The number of aryl methyl sites for hydroxylation is 2. The molecule has 21 heavy (non-hydrogen) atoms. The van der Waals surface area contributed by atoms with E-state index in [9.17, 15) is 26.3 Å². The van der Waals surface area contributed by atoms with Gasteiger partial charge in [-0.2, -0.15) is 0 Å². The van der Waals surface area contributed by atoms with Gasteiger partial charge >= 0.3 is 0 Å². The molecule has 0 N–H and O–H groups in total. The molecule has 0 aromatic heterocycles. The van der Waals surface area contributed by atoms with Crippen LogP contribution in [0.3, 0.4) is 0 Å². The van der Waals surface area contributed by atoms with Gasteiger partial charge in [0, 0.05) is 0 Å². The lowest BCUT2D eigenvalue weighted by atomic mass is 9.62. The van der Waals surface area contributed by atoms with Crippen LogP contribution in [0, 0.1) is 48.8 Å². The molecule has 0 aliphatic heterocycles. The third-order valence-corrected chi connectivity index (χ3v) is 3.04. The SMILES string of the molecule is Cc1cc(F)c([B]c2c(F)cc(C)c(F)c2F)c(F)c1F. The van der Waals surface area contributed by atoms with Crippen LogP contribution in [-0.4, -0.2) is 7.28 Å². The number of halogens is 6. The highest BCUT2D eigenvalue weighted by Gasteiger charge is 2.23. The van der Waals surface area contributed by atoms with Gasteiger partial charge in [0.2, 0.25) is 7.28 Å². The Morgan fingerprint density at radius 3 is 1.29 bits per heavy atom. The fourth-order valence-corrected chi connectivity index (χ4v) is 1.86. The van der Waals surface area contributed by atoms with Crippen LogP contribution < -0.4 is 10.9 Å². The molecule has 0 unspecified atom stereocenters. The van der Waals surface area contributed by atoms with Crippen LogP contribution in [0.15, 0.2) is 12.1 Å². The summed E-state index contributed by atoms with van der Waals surface area (Å²) in [6.45, 7) is 2.27. The highest BCUT2D eigenvalue weighted by atomic mass is 19.2. The zero-order valence-electron chi connectivity index (χ0n) is 11.0. The lowest BCUT2D eigenvalue weighted by Gasteiger charge is -2.10. The van der Waals surface area contributed by atoms with Crippen LogP contribution in [0.4, 0.5) is 26.3 Å². The van der Waals surface area contributed by atoms with Crippen LogP contribution in [0.1, 0.15) is 11.1 Å². The molecular formula is C14H8BF6. The van der Waals surface area contributed by atoms with E-state index in [2.05, 4.69) is 0 Å². The van der Waals surface area contributed by atoms with E-state index in [0.29, 0.717) is 19.4 Å². The van der Waals surface area contributed by atoms with Crippen LogP contribution in [0.2, 0.25) is 0 Å². The summed E-state index contributed by atoms with van der Waals surface area (Å²) in [5.41, 5.74) is -2.53. The smallest absolute Gasteiger partial charge is 0.207 e. The summed E-state index contributed by atoms with van der Waals surface area (Å²) < 4.78 is 81.4. The zero-order chi connectivity index (χ0) is 15.9. The Labute approximate surface area is 117 Å². The van der Waals surface area contributed by atoms with Crippen molar-refractivity contribution in [1.29, 1.82) is 0 Å². The molecule has 2 rings (SSSR count). The fourth-order valence-electron chi connectivity index (χ4n) is 1.86. The number of hydrogen-bond acceptors (Lipinski definition) is 0. The molecule has 0 bridgehead atoms. The van der Waals surface area contributed by atoms with Gasteiger partial charge in [0.1, 0.15) is 11.6 Å². The first-order valence-corrected chi connectivity index (χ1v) is 5.87.